The number of hydrogen-bond donors (Lipinski definition) is 13. The number of non-ortho nitro benzene ring substituents is 2. The second-order valence-electron chi connectivity index (χ2n) is 35.4. The Bertz CT molecular complexity index is 5490. The number of amides is 12. The highest BCUT2D eigenvalue weighted by Gasteiger charge is 2.34. The number of urea groups is 2. The standard InChI is InChI=1S/C98H134N20O29/c1-64(2)90(85(120)54-72(17-12-36-103-95(99)128)93(126)108-75-27-21-67(22-28-75)60-146-97(130)105-38-10-15-69-25-32-78(115(132)133)56-82(69)117(136)137)110-87(122)34-31-77-59-114(113-112-77)41-43-141-45-47-143-48-50-144-62-88(123)101-35-9-8-14-71(53-84(119)66(5)52-74-58-107-81-20-7-6-19-80(74)81)92(125)102-40-42-140-44-46-142-49-51-145-63-89(124)111-91(65(3)4)86(121)55-73(18-13-37-104-96(100)129)94(127)109-76-29-23-68(24-30-76)61-147-98(131)106-39-11-16-70-26-33-79(116(134)135)57-83(70)118(138)139/h6-7,19-30,32-33,56-59,64-66,71-73,90-91,107H,8-18,31,34-55,60-63H2,1-5H3,(H,101,123)(H,102,125)(H,105,130)(H,106,131)(H,108,126)(H,109,127)(H,110,122)(H,111,124)(H3,99,103,128)(H3,100,104,129)/t66-,71+,72+,73+,90-,91-/m0/s1. The number of unbranched alkanes of at least 4 members (excludes halogenated alkanes) is 1. The summed E-state index contributed by atoms with van der Waals surface area (Å²) in [5, 5.41) is 81.4. The lowest BCUT2D eigenvalue weighted by molar-refractivity contribution is -0.394. The van der Waals surface area contributed by atoms with Crippen molar-refractivity contribution in [1.82, 2.24) is 62.5 Å². The van der Waals surface area contributed by atoms with Crippen LogP contribution in [0.5, 0.6) is 0 Å². The van der Waals surface area contributed by atoms with Gasteiger partial charge in [-0.3, -0.25) is 83.6 Å². The van der Waals surface area contributed by atoms with Crippen molar-refractivity contribution < 1.29 is 120 Å². The van der Waals surface area contributed by atoms with Gasteiger partial charge in [0.25, 0.3) is 22.7 Å². The number of rotatable bonds is 74. The number of benzene rings is 5. The highest BCUT2D eigenvalue weighted by molar-refractivity contribution is 5.99. The van der Waals surface area contributed by atoms with Gasteiger partial charge in [0.15, 0.2) is 11.6 Å². The fraction of sp³-hybridized carbons (Fsp3) is 0.520. The number of aryl methyl sites for hydroxylation is 3. The molecule has 0 spiro atoms. The lowest BCUT2D eigenvalue weighted by Gasteiger charge is -2.24. The van der Waals surface area contributed by atoms with Crippen LogP contribution < -0.4 is 64.6 Å². The number of carbonyl (C=O) groups excluding carboxylic acids is 13. The molecule has 800 valence electrons. The number of Topliss-reactive ketones (excluding diaryl/α,β-unsaturated/α-hetero) is 3. The molecule has 49 nitrogen and oxygen atoms in total. The number of anilines is 2. The summed E-state index contributed by atoms with van der Waals surface area (Å²) in [6, 6.07) is 23.8. The van der Waals surface area contributed by atoms with E-state index in [-0.39, 0.29) is 242 Å². The van der Waals surface area contributed by atoms with Crippen LogP contribution in [-0.2, 0) is 126 Å². The average Bonchev–Trinajstić information content (AvgIpc) is 1.77. The molecular weight excluding hydrogens is 1920 g/mol. The number of nitrogens with two attached hydrogens (primary N) is 2. The van der Waals surface area contributed by atoms with Crippen molar-refractivity contribution in [3.8, 4) is 0 Å². The molecule has 12 amide bonds. The van der Waals surface area contributed by atoms with E-state index in [4.69, 9.17) is 49.4 Å². The van der Waals surface area contributed by atoms with Gasteiger partial charge < -0.3 is 108 Å². The highest BCUT2D eigenvalue weighted by Crippen LogP contribution is 2.30. The zero-order valence-electron chi connectivity index (χ0n) is 83.2. The summed E-state index contributed by atoms with van der Waals surface area (Å²) in [4.78, 5) is 215. The monoisotopic (exact) mass is 2050 g/mol. The van der Waals surface area contributed by atoms with Gasteiger partial charge in [-0.15, -0.1) is 5.10 Å². The predicted molar refractivity (Wildman–Crippen MR) is 533 cm³/mol. The molecule has 0 saturated carbocycles. The Morgan fingerprint density at radius 2 is 0.871 bits per heavy atom. The Kier molecular flexibility index (Phi) is 53.0. The van der Waals surface area contributed by atoms with Crippen molar-refractivity contribution in [2.75, 3.05) is 129 Å². The molecule has 7 rings (SSSR count). The van der Waals surface area contributed by atoms with Crippen molar-refractivity contribution in [3.05, 3.63) is 196 Å². The molecule has 147 heavy (non-hydrogen) atoms. The maximum atomic E-state index is 14.0. The Morgan fingerprint density at radius 1 is 0.429 bits per heavy atom. The fourth-order valence-corrected chi connectivity index (χ4v) is 15.4. The molecule has 0 aliphatic carbocycles. The van der Waals surface area contributed by atoms with Crippen LogP contribution in [0.2, 0.25) is 0 Å². The van der Waals surface area contributed by atoms with Crippen molar-refractivity contribution in [1.29, 1.82) is 0 Å². The molecule has 15 N–H and O–H groups in total. The Hall–Kier alpha value is -15.0. The summed E-state index contributed by atoms with van der Waals surface area (Å²) in [7, 11) is 0. The number of nitro benzene ring substituents is 4. The first-order chi connectivity index (χ1) is 70.5. The number of primary amides is 2. The van der Waals surface area contributed by atoms with E-state index in [0.29, 0.717) is 73.4 Å². The van der Waals surface area contributed by atoms with E-state index in [0.717, 1.165) is 28.6 Å². The third kappa shape index (κ3) is 45.9. The van der Waals surface area contributed by atoms with E-state index in [9.17, 15) is 103 Å². The number of alkyl carbamates (subject to hydrolysis) is 2. The molecule has 2 aromatic heterocycles. The molecule has 0 aliphatic rings. The van der Waals surface area contributed by atoms with E-state index in [2.05, 4.69) is 68.5 Å². The number of H-pyrrole nitrogens is 1. The lowest BCUT2D eigenvalue weighted by Crippen LogP contribution is -2.47. The van der Waals surface area contributed by atoms with Gasteiger partial charge in [-0.05, 0) is 142 Å². The zero-order valence-corrected chi connectivity index (χ0v) is 83.2. The van der Waals surface area contributed by atoms with Crippen LogP contribution in [0, 0.1) is 76.0 Å². The van der Waals surface area contributed by atoms with Gasteiger partial charge in [-0.25, -0.2) is 23.9 Å². The van der Waals surface area contributed by atoms with Crippen molar-refractivity contribution in [2.24, 2.45) is 47.0 Å². The predicted octanol–water partition coefficient (Wildman–Crippen LogP) is 8.61. The number of fused-ring (bicyclic) bond motifs is 1. The first-order valence-electron chi connectivity index (χ1n) is 48.6. The summed E-state index contributed by atoms with van der Waals surface area (Å²) in [5.41, 5.74) is 13.7. The normalized spacial score (nSPS) is 12.4. The molecule has 0 radical (unpaired) electrons. The van der Waals surface area contributed by atoms with Crippen molar-refractivity contribution in [2.45, 2.75) is 176 Å². The molecule has 49 heteroatoms. The third-order valence-electron chi connectivity index (χ3n) is 23.3. The first-order valence-corrected chi connectivity index (χ1v) is 48.6. The highest BCUT2D eigenvalue weighted by atomic mass is 16.6. The lowest BCUT2D eigenvalue weighted by atomic mass is 9.88. The Labute approximate surface area is 848 Å². The summed E-state index contributed by atoms with van der Waals surface area (Å²) >= 11 is 0. The molecule has 5 aromatic carbocycles. The summed E-state index contributed by atoms with van der Waals surface area (Å²) in [6.07, 6.45) is 5.35. The molecule has 7 aromatic rings. The van der Waals surface area contributed by atoms with E-state index in [1.165, 1.54) is 24.3 Å². The number of nitrogens with one attached hydrogen (secondary N) is 11. The smallest absolute Gasteiger partial charge is 0.407 e. The number of aromatic nitrogens is 4. The van der Waals surface area contributed by atoms with E-state index in [1.54, 1.807) is 87.1 Å². The molecule has 0 aliphatic heterocycles. The van der Waals surface area contributed by atoms with Crippen LogP contribution in [-0.4, -0.2) is 247 Å². The number of nitrogens with zero attached hydrogens (tertiary/aromatic N) is 7. The molecular formula is C98H134N20O29. The number of hydrogen-bond acceptors (Lipinski definition) is 31. The van der Waals surface area contributed by atoms with E-state index < -0.39 is 138 Å². The largest absolute Gasteiger partial charge is 0.445 e. The molecule has 0 unspecified atom stereocenters. The van der Waals surface area contributed by atoms with E-state index in [1.807, 2.05) is 37.4 Å². The first kappa shape index (κ1) is 119. The molecule has 2 heterocycles. The number of para-hydroxylation sites is 1. The summed E-state index contributed by atoms with van der Waals surface area (Å²) in [6.45, 7) is 10.7. The zero-order chi connectivity index (χ0) is 107. The Morgan fingerprint density at radius 3 is 1.36 bits per heavy atom. The maximum Gasteiger partial charge on any atom is 0.407 e. The SMILES string of the molecule is CC(C)[C@H](NC(=O)CCc1cn(CCOCCOCCOCC(=O)NCCCC[C@H](CC(=O)[C@@H](C)Cc2c[nH]c3ccccc23)C(=O)NCCOCCOCCOCC(=O)N[C@H](C(=O)C[C@@H](CCCNC(N)=O)C(=O)Nc2ccc(COC(=O)NCCCc3ccc([N+](=O)[O-])cc3[N+](=O)[O-])cc2)C(C)C)nn1)C(=O)C[C@@H](CCCNC(N)=O)C(=O)Nc1ccc(COC(=O)NCCCc2ccc([N+](=O)[O-])cc2[N+](=O)[O-])cc1. The molecule has 0 bridgehead atoms. The number of carbonyl (C=O) groups is 13. The summed E-state index contributed by atoms with van der Waals surface area (Å²) < 4.78 is 45.9. The van der Waals surface area contributed by atoms with Crippen molar-refractivity contribution >= 4 is 122 Å². The maximum absolute atomic E-state index is 14.0. The molecule has 0 saturated heterocycles. The molecule has 0 fully saturated rings. The van der Waals surface area contributed by atoms with Gasteiger partial charge in [-0.2, -0.15) is 0 Å². The minimum absolute atomic E-state index is 0.00232. The average molecular weight is 2060 g/mol. The van der Waals surface area contributed by atoms with Crippen LogP contribution in [0.15, 0.2) is 122 Å². The van der Waals surface area contributed by atoms with Crippen LogP contribution in [0.25, 0.3) is 10.9 Å². The molecule has 6 atom stereocenters. The van der Waals surface area contributed by atoms with E-state index >= 15 is 0 Å². The number of ketones is 3. The Balaban J connectivity index is 0.726. The van der Waals surface area contributed by atoms with Crippen LogP contribution >= 0.6 is 0 Å². The van der Waals surface area contributed by atoms with Gasteiger partial charge in [-0.1, -0.05) is 88.7 Å². The second-order valence-corrected chi connectivity index (χ2v) is 35.4. The minimum atomic E-state index is -0.996. The minimum Gasteiger partial charge on any atom is -0.445 e. The fourth-order valence-electron chi connectivity index (χ4n) is 15.4. The number of ether oxygens (including phenoxy) is 8. The van der Waals surface area contributed by atoms with Crippen LogP contribution in [0.4, 0.5) is 53.3 Å². The number of nitro groups is 4. The van der Waals surface area contributed by atoms with Crippen molar-refractivity contribution in [3.63, 3.8) is 0 Å². The van der Waals surface area contributed by atoms with Gasteiger partial charge in [0.2, 0.25) is 35.4 Å². The summed E-state index contributed by atoms with van der Waals surface area (Å²) in [5.74, 6) is -7.14. The van der Waals surface area contributed by atoms with Crippen LogP contribution in [0.3, 0.4) is 0 Å². The van der Waals surface area contributed by atoms with Gasteiger partial charge in [0.05, 0.1) is 122 Å². The quantitative estimate of drug-likeness (QED) is 0.00963. The van der Waals surface area contributed by atoms with Crippen LogP contribution in [0.1, 0.15) is 152 Å². The van der Waals surface area contributed by atoms with Gasteiger partial charge in [0, 0.05) is 153 Å². The van der Waals surface area contributed by atoms with Gasteiger partial charge >= 0.3 is 24.2 Å². The third-order valence-corrected chi connectivity index (χ3v) is 23.3. The van der Waals surface area contributed by atoms with Gasteiger partial charge in [0.1, 0.15) is 32.2 Å². The second kappa shape index (κ2) is 65.4. The topological polar surface area (TPSA) is 687 Å². The number of aromatic amines is 1.